The zero-order valence-corrected chi connectivity index (χ0v) is 16.0. The molecule has 23 heavy (non-hydrogen) atoms. The Bertz CT molecular complexity index is 184. The maximum Gasteiger partial charge on any atom is 0.0777 e. The Labute approximate surface area is 158 Å². The number of halogens is 2. The van der Waals surface area contributed by atoms with Crippen molar-refractivity contribution in [1.29, 1.82) is 0 Å². The minimum Gasteiger partial charge on any atom is -0.315 e. The van der Waals surface area contributed by atoms with Crippen LogP contribution >= 0.6 is 23.5 Å². The van der Waals surface area contributed by atoms with Gasteiger partial charge in [-0.1, -0.05) is 0 Å². The van der Waals surface area contributed by atoms with Crippen molar-refractivity contribution in [2.24, 2.45) is 0 Å². The Balaban J connectivity index is -0.000000307. The summed E-state index contributed by atoms with van der Waals surface area (Å²) in [4.78, 5) is 0. The zero-order chi connectivity index (χ0) is 17.5. The van der Waals surface area contributed by atoms with Crippen molar-refractivity contribution in [2.45, 2.75) is 0 Å². The Hall–Kier alpha value is 1.40. The molecule has 0 unspecified atom stereocenters. The summed E-state index contributed by atoms with van der Waals surface area (Å²) in [6, 6.07) is 0. The molecule has 147 valence electrons. The standard InChI is InChI=1S/C8H18N2S2.2ClHO4.Cu/c1-5-11-7-3-10-4-8-12-6-2-9-1;2*2-1(3,4)5;/h9-10H,1-8H2;2*(H,2,3,4,5);. The molecule has 0 atom stereocenters. The van der Waals surface area contributed by atoms with Crippen molar-refractivity contribution in [3.05, 3.63) is 0 Å². The van der Waals surface area contributed by atoms with E-state index >= 15 is 0 Å². The van der Waals surface area contributed by atoms with E-state index in [4.69, 9.17) is 37.3 Å². The summed E-state index contributed by atoms with van der Waals surface area (Å²) in [5, 5.41) is 6.88. The van der Waals surface area contributed by atoms with Crippen LogP contribution in [-0.4, -0.2) is 58.5 Å². The van der Waals surface area contributed by atoms with Crippen LogP contribution in [0.3, 0.4) is 0 Å². The smallest absolute Gasteiger partial charge is 0.0777 e. The van der Waals surface area contributed by atoms with Crippen LogP contribution in [0.2, 0.25) is 0 Å². The van der Waals surface area contributed by atoms with E-state index in [0.717, 1.165) is 0 Å². The van der Waals surface area contributed by atoms with Gasteiger partial charge in [0.2, 0.25) is 0 Å². The first kappa shape index (κ1) is 29.2. The third-order valence-electron chi connectivity index (χ3n) is 1.69. The Morgan fingerprint density at radius 2 is 0.783 bits per heavy atom. The fraction of sp³-hybridized carbons (Fsp3) is 1.00. The predicted molar refractivity (Wildman–Crippen MR) is 64.8 cm³/mol. The van der Waals surface area contributed by atoms with Crippen molar-refractivity contribution in [3.63, 3.8) is 0 Å². The second-order valence-electron chi connectivity index (χ2n) is 3.52. The molecule has 0 spiro atoms. The van der Waals surface area contributed by atoms with E-state index in [2.05, 4.69) is 10.6 Å². The van der Waals surface area contributed by atoms with E-state index < -0.39 is 20.5 Å². The molecule has 4 N–H and O–H groups in total. The van der Waals surface area contributed by atoms with Crippen molar-refractivity contribution in [3.8, 4) is 0 Å². The Morgan fingerprint density at radius 1 is 0.609 bits per heavy atom. The fourth-order valence-electron chi connectivity index (χ4n) is 1.03. The van der Waals surface area contributed by atoms with Crippen LogP contribution in [-0.2, 0) is 17.1 Å². The molecule has 0 amide bonds. The monoisotopic (exact) mass is 469 g/mol. The van der Waals surface area contributed by atoms with Gasteiger partial charge >= 0.3 is 0 Å². The van der Waals surface area contributed by atoms with Crippen LogP contribution in [0, 0.1) is 20.5 Å². The molecule has 10 nitrogen and oxygen atoms in total. The van der Waals surface area contributed by atoms with Crippen LogP contribution in [0.25, 0.3) is 0 Å². The Morgan fingerprint density at radius 3 is 0.957 bits per heavy atom. The van der Waals surface area contributed by atoms with Crippen molar-refractivity contribution < 1.29 is 74.8 Å². The predicted octanol–water partition coefficient (Wildman–Crippen LogP) is -7.60. The number of hydrogen-bond donors (Lipinski definition) is 4. The molecule has 15 heteroatoms. The number of hydrogen-bond acceptors (Lipinski definition) is 12. The maximum absolute atomic E-state index is 8.60. The van der Waals surface area contributed by atoms with Crippen LogP contribution in [0.5, 0.6) is 0 Å². The van der Waals surface area contributed by atoms with Crippen LogP contribution < -0.4 is 38.6 Å². The Kier molecular flexibility index (Phi) is 23.1. The number of nitrogens with one attached hydrogen (secondary N) is 2. The van der Waals surface area contributed by atoms with Gasteiger partial charge in [-0.15, -0.1) is 0 Å². The van der Waals surface area contributed by atoms with Gasteiger partial charge < -0.3 is 10.6 Å². The average molecular weight is 471 g/mol. The largest absolute Gasteiger partial charge is 0.315 e. The fourth-order valence-corrected chi connectivity index (χ4v) is 2.59. The zero-order valence-electron chi connectivity index (χ0n) is 11.9. The van der Waals surface area contributed by atoms with E-state index in [1.807, 2.05) is 23.5 Å². The summed E-state index contributed by atoms with van der Waals surface area (Å²) in [5.41, 5.74) is 0. The molecule has 1 radical (unpaired) electrons. The first-order valence-electron chi connectivity index (χ1n) is 5.83. The molecule has 1 aliphatic heterocycles. The molecule has 1 rings (SSSR count). The first-order valence-corrected chi connectivity index (χ1v) is 10.7. The van der Waals surface area contributed by atoms with E-state index in [-0.39, 0.29) is 17.1 Å². The topological polar surface area (TPSA) is 203 Å². The summed E-state index contributed by atoms with van der Waals surface area (Å²) in [7, 11) is -9.39. The third-order valence-corrected chi connectivity index (χ3v) is 3.66. The number of thioether (sulfide) groups is 2. The second kappa shape index (κ2) is 18.2. The van der Waals surface area contributed by atoms with Crippen molar-refractivity contribution in [1.82, 2.24) is 10.6 Å². The molecule has 1 heterocycles. The molecular formula is C8H20Cl2CuN2O8S2. The van der Waals surface area contributed by atoms with E-state index in [9.17, 15) is 0 Å². The van der Waals surface area contributed by atoms with Crippen LogP contribution in [0.15, 0.2) is 0 Å². The first-order chi connectivity index (χ1) is 10.0. The van der Waals surface area contributed by atoms with Gasteiger partial charge in [0.05, 0.1) is 29.8 Å². The molecule has 1 fully saturated rings. The average Bonchev–Trinajstić information content (AvgIpc) is 2.25. The van der Waals surface area contributed by atoms with E-state index in [1.165, 1.54) is 49.2 Å². The minimum absolute atomic E-state index is 0. The van der Waals surface area contributed by atoms with Gasteiger partial charge in [-0.05, 0) is 0 Å². The third kappa shape index (κ3) is 59.7. The molecule has 0 saturated carbocycles. The molecule has 1 aliphatic rings. The molecular weight excluding hydrogens is 451 g/mol. The van der Waals surface area contributed by atoms with Gasteiger partial charge in [-0.3, -0.25) is 0 Å². The van der Waals surface area contributed by atoms with Crippen molar-refractivity contribution in [2.75, 3.05) is 49.2 Å². The summed E-state index contributed by atoms with van der Waals surface area (Å²) in [5.74, 6) is 5.03. The molecule has 0 aliphatic carbocycles. The second-order valence-corrected chi connectivity index (χ2v) is 7.55. The maximum atomic E-state index is 8.60. The number of rotatable bonds is 0. The van der Waals surface area contributed by atoms with E-state index in [1.54, 1.807) is 0 Å². The normalized spacial score (nSPS) is 17.7. The van der Waals surface area contributed by atoms with E-state index in [0.29, 0.717) is 0 Å². The summed E-state index contributed by atoms with van der Waals surface area (Å²) in [6.45, 7) is 4.69. The van der Waals surface area contributed by atoms with Gasteiger partial charge in [-0.25, -0.2) is 0 Å². The molecule has 0 aromatic heterocycles. The molecule has 0 bridgehead atoms. The van der Waals surface area contributed by atoms with Gasteiger partial charge in [0.25, 0.3) is 0 Å². The summed E-state index contributed by atoms with van der Waals surface area (Å²) < 4.78 is 65.4. The molecule has 1 saturated heterocycles. The van der Waals surface area contributed by atoms with Gasteiger partial charge in [0, 0.05) is 66.3 Å². The van der Waals surface area contributed by atoms with Gasteiger partial charge in [-0.2, -0.15) is 51.5 Å². The SMILES string of the molecule is C1CSCCNCCSCCN1.[Cu].[O-][Cl+3]([O-])([O-])O.[O-][Cl+3]([O-])([O-])O. The minimum atomic E-state index is -4.69. The molecule has 0 aromatic rings. The molecule has 0 aromatic carbocycles. The van der Waals surface area contributed by atoms with Gasteiger partial charge in [0.1, 0.15) is 0 Å². The van der Waals surface area contributed by atoms with Crippen molar-refractivity contribution >= 4 is 23.5 Å². The van der Waals surface area contributed by atoms with Gasteiger partial charge in [0.15, 0.2) is 0 Å². The summed E-state index contributed by atoms with van der Waals surface area (Å²) in [6.07, 6.45) is 0. The quantitative estimate of drug-likeness (QED) is 0.244. The van der Waals surface area contributed by atoms with Crippen LogP contribution in [0.4, 0.5) is 0 Å². The van der Waals surface area contributed by atoms with Crippen LogP contribution in [0.1, 0.15) is 0 Å². The summed E-state index contributed by atoms with van der Waals surface area (Å²) >= 11 is 4.07.